The Bertz CT molecular complexity index is 362. The molecule has 1 atom stereocenters. The maximum Gasteiger partial charge on any atom is -0.00173 e. The van der Waals surface area contributed by atoms with Gasteiger partial charge in [0.15, 0.2) is 0 Å². The minimum absolute atomic E-state index is 0.866. The second kappa shape index (κ2) is 5.22. The molecule has 1 nitrogen and oxygen atoms in total. The third-order valence-electron chi connectivity index (χ3n) is 4.51. The van der Waals surface area contributed by atoms with Crippen LogP contribution in [0.3, 0.4) is 0 Å². The van der Waals surface area contributed by atoms with Gasteiger partial charge in [0.05, 0.1) is 0 Å². The zero-order chi connectivity index (χ0) is 11.5. The van der Waals surface area contributed by atoms with E-state index in [0.717, 1.165) is 11.8 Å². The van der Waals surface area contributed by atoms with Crippen LogP contribution < -0.4 is 5.32 Å². The van der Waals surface area contributed by atoms with Gasteiger partial charge in [0, 0.05) is 0 Å². The summed E-state index contributed by atoms with van der Waals surface area (Å²) in [6.45, 7) is 2.44. The minimum atomic E-state index is 0.866. The average molecular weight is 229 g/mol. The lowest BCUT2D eigenvalue weighted by molar-refractivity contribution is 0.370. The van der Waals surface area contributed by atoms with Crippen molar-refractivity contribution in [2.24, 2.45) is 5.92 Å². The van der Waals surface area contributed by atoms with Crippen molar-refractivity contribution in [3.63, 3.8) is 0 Å². The maximum atomic E-state index is 3.53. The zero-order valence-corrected chi connectivity index (χ0v) is 10.6. The summed E-state index contributed by atoms with van der Waals surface area (Å²) in [5.41, 5.74) is 3.29. The summed E-state index contributed by atoms with van der Waals surface area (Å²) in [6, 6.07) is 9.17. The highest BCUT2D eigenvalue weighted by molar-refractivity contribution is 5.32. The monoisotopic (exact) mass is 229 g/mol. The Morgan fingerprint density at radius 3 is 2.65 bits per heavy atom. The van der Waals surface area contributed by atoms with Crippen LogP contribution in [0.25, 0.3) is 0 Å². The van der Waals surface area contributed by atoms with Crippen LogP contribution >= 0.6 is 0 Å². The minimum Gasteiger partial charge on any atom is -0.316 e. The van der Waals surface area contributed by atoms with Crippen LogP contribution in [0, 0.1) is 5.92 Å². The van der Waals surface area contributed by atoms with Crippen molar-refractivity contribution in [2.75, 3.05) is 13.1 Å². The van der Waals surface area contributed by atoms with Crippen LogP contribution in [-0.2, 0) is 6.42 Å². The van der Waals surface area contributed by atoms with Crippen molar-refractivity contribution < 1.29 is 0 Å². The molecule has 0 spiro atoms. The lowest BCUT2D eigenvalue weighted by Gasteiger charge is -2.30. The first-order chi connectivity index (χ1) is 8.43. The van der Waals surface area contributed by atoms with Crippen molar-refractivity contribution in [1.82, 2.24) is 5.32 Å². The van der Waals surface area contributed by atoms with Gasteiger partial charge in [-0.25, -0.2) is 0 Å². The molecule has 1 aliphatic carbocycles. The molecule has 1 heteroatoms. The van der Waals surface area contributed by atoms with E-state index in [2.05, 4.69) is 29.6 Å². The third kappa shape index (κ3) is 2.55. The molecule has 1 saturated carbocycles. The summed E-state index contributed by atoms with van der Waals surface area (Å²) in [6.07, 6.45) is 8.33. The maximum absolute atomic E-state index is 3.53. The first kappa shape index (κ1) is 11.3. The normalized spacial score (nSPS) is 25.5. The highest BCUT2D eigenvalue weighted by atomic mass is 14.9. The molecule has 1 saturated heterocycles. The molecular weight excluding hydrogens is 206 g/mol. The van der Waals surface area contributed by atoms with E-state index in [9.17, 15) is 0 Å². The van der Waals surface area contributed by atoms with E-state index in [-0.39, 0.29) is 0 Å². The predicted octanol–water partition coefficient (Wildman–Crippen LogP) is 3.50. The van der Waals surface area contributed by atoms with Crippen LogP contribution in [0.4, 0.5) is 0 Å². The standard InChI is InChI=1S/C16H23N/c1-2-9-16(14-7-3-8-14)15(6-1)11-13-5-4-10-17-12-13/h1-2,6,9,13-14,17H,3-5,7-8,10-12H2. The van der Waals surface area contributed by atoms with Gasteiger partial charge in [0.25, 0.3) is 0 Å². The number of hydrogen-bond acceptors (Lipinski definition) is 1. The second-order valence-electron chi connectivity index (χ2n) is 5.74. The van der Waals surface area contributed by atoms with E-state index in [0.29, 0.717) is 0 Å². The number of hydrogen-bond donors (Lipinski definition) is 1. The first-order valence-corrected chi connectivity index (χ1v) is 7.22. The topological polar surface area (TPSA) is 12.0 Å². The van der Waals surface area contributed by atoms with Crippen LogP contribution in [0.5, 0.6) is 0 Å². The van der Waals surface area contributed by atoms with E-state index in [1.165, 1.54) is 51.6 Å². The number of piperidine rings is 1. The van der Waals surface area contributed by atoms with E-state index in [1.807, 2.05) is 0 Å². The van der Waals surface area contributed by atoms with Gasteiger partial charge in [0.1, 0.15) is 0 Å². The molecule has 0 aromatic heterocycles. The first-order valence-electron chi connectivity index (χ1n) is 7.22. The Labute approximate surface area is 105 Å². The average Bonchev–Trinajstić information content (AvgIpc) is 2.31. The van der Waals surface area contributed by atoms with Gasteiger partial charge in [-0.15, -0.1) is 0 Å². The van der Waals surface area contributed by atoms with Gasteiger partial charge in [-0.2, -0.15) is 0 Å². The third-order valence-corrected chi connectivity index (χ3v) is 4.51. The fraction of sp³-hybridized carbons (Fsp3) is 0.625. The lowest BCUT2D eigenvalue weighted by Crippen LogP contribution is -2.31. The molecule has 0 radical (unpaired) electrons. The SMILES string of the molecule is c1ccc(C2CCC2)c(CC2CCCNC2)c1. The van der Waals surface area contributed by atoms with Crippen molar-refractivity contribution in [2.45, 2.75) is 44.4 Å². The van der Waals surface area contributed by atoms with Gasteiger partial charge < -0.3 is 5.32 Å². The second-order valence-corrected chi connectivity index (χ2v) is 5.74. The van der Waals surface area contributed by atoms with E-state index in [4.69, 9.17) is 0 Å². The molecule has 1 aromatic carbocycles. The summed E-state index contributed by atoms with van der Waals surface area (Å²) in [7, 11) is 0. The van der Waals surface area contributed by atoms with Gasteiger partial charge in [0.2, 0.25) is 0 Å². The zero-order valence-electron chi connectivity index (χ0n) is 10.6. The fourth-order valence-corrected chi connectivity index (χ4v) is 3.25. The van der Waals surface area contributed by atoms with E-state index in [1.54, 1.807) is 11.1 Å². The summed E-state index contributed by atoms with van der Waals surface area (Å²) >= 11 is 0. The van der Waals surface area contributed by atoms with Crippen LogP contribution in [0.15, 0.2) is 24.3 Å². The Hall–Kier alpha value is -0.820. The highest BCUT2D eigenvalue weighted by Crippen LogP contribution is 2.38. The largest absolute Gasteiger partial charge is 0.316 e. The van der Waals surface area contributed by atoms with Crippen molar-refractivity contribution in [1.29, 1.82) is 0 Å². The van der Waals surface area contributed by atoms with Gasteiger partial charge >= 0.3 is 0 Å². The van der Waals surface area contributed by atoms with Crippen molar-refractivity contribution >= 4 is 0 Å². The summed E-state index contributed by atoms with van der Waals surface area (Å²) in [5, 5.41) is 3.53. The molecule has 1 aromatic rings. The predicted molar refractivity (Wildman–Crippen MR) is 72.3 cm³/mol. The summed E-state index contributed by atoms with van der Waals surface area (Å²) < 4.78 is 0. The van der Waals surface area contributed by atoms with Crippen LogP contribution in [0.1, 0.15) is 49.1 Å². The van der Waals surface area contributed by atoms with Gasteiger partial charge in [-0.05, 0) is 68.2 Å². The summed E-state index contributed by atoms with van der Waals surface area (Å²) in [5.74, 6) is 1.74. The fourth-order valence-electron chi connectivity index (χ4n) is 3.25. The molecule has 1 aliphatic heterocycles. The summed E-state index contributed by atoms with van der Waals surface area (Å²) in [4.78, 5) is 0. The smallest absolute Gasteiger partial charge is 0.00173 e. The highest BCUT2D eigenvalue weighted by Gasteiger charge is 2.23. The lowest BCUT2D eigenvalue weighted by atomic mass is 9.76. The van der Waals surface area contributed by atoms with Crippen LogP contribution in [-0.4, -0.2) is 13.1 Å². The molecule has 3 rings (SSSR count). The van der Waals surface area contributed by atoms with Crippen molar-refractivity contribution in [3.8, 4) is 0 Å². The quantitative estimate of drug-likeness (QED) is 0.836. The molecule has 1 heterocycles. The van der Waals surface area contributed by atoms with Gasteiger partial charge in [-0.3, -0.25) is 0 Å². The molecule has 17 heavy (non-hydrogen) atoms. The Kier molecular flexibility index (Phi) is 3.46. The Morgan fingerprint density at radius 2 is 1.94 bits per heavy atom. The van der Waals surface area contributed by atoms with E-state index >= 15 is 0 Å². The van der Waals surface area contributed by atoms with Gasteiger partial charge in [-0.1, -0.05) is 30.7 Å². The van der Waals surface area contributed by atoms with Crippen LogP contribution in [0.2, 0.25) is 0 Å². The molecule has 92 valence electrons. The molecule has 2 aliphatic rings. The molecule has 1 unspecified atom stereocenters. The Balaban J connectivity index is 1.72. The molecular formula is C16H23N. The number of nitrogens with one attached hydrogen (secondary N) is 1. The molecule has 1 N–H and O–H groups in total. The van der Waals surface area contributed by atoms with E-state index < -0.39 is 0 Å². The number of rotatable bonds is 3. The Morgan fingerprint density at radius 1 is 1.06 bits per heavy atom. The van der Waals surface area contributed by atoms with Crippen molar-refractivity contribution in [3.05, 3.63) is 35.4 Å². The molecule has 0 amide bonds. The number of benzene rings is 1. The molecule has 2 fully saturated rings. The molecule has 0 bridgehead atoms.